The minimum Gasteiger partial charge on any atom is -0.452 e. The van der Waals surface area contributed by atoms with E-state index in [4.69, 9.17) is 13.7 Å². The summed E-state index contributed by atoms with van der Waals surface area (Å²) in [5.41, 5.74) is 2.96. The van der Waals surface area contributed by atoms with Crippen molar-refractivity contribution >= 4 is 11.8 Å². The molecule has 2 aromatic carbocycles. The molecular weight excluding hydrogens is 370 g/mol. The fourth-order valence-electron chi connectivity index (χ4n) is 2.81. The molecule has 0 unspecified atom stereocenters. The molecule has 0 aliphatic heterocycles. The molecule has 2 heterocycles. The second-order valence-corrected chi connectivity index (χ2v) is 6.42. The van der Waals surface area contributed by atoms with Gasteiger partial charge in [0, 0.05) is 22.8 Å². The van der Waals surface area contributed by atoms with Gasteiger partial charge in [-0.2, -0.15) is 0 Å². The number of Topliss-reactive ketones (excluding diaryl/α,β-unsaturated/α-hetero) is 1. The van der Waals surface area contributed by atoms with E-state index in [1.54, 1.807) is 42.5 Å². The van der Waals surface area contributed by atoms with Crippen molar-refractivity contribution in [2.75, 3.05) is 0 Å². The number of benzene rings is 2. The zero-order valence-electron chi connectivity index (χ0n) is 15.6. The number of ether oxygens (including phenoxy) is 1. The summed E-state index contributed by atoms with van der Waals surface area (Å²) >= 11 is 0. The number of hydrogen-bond donors (Lipinski definition) is 0. The first-order chi connectivity index (χ1) is 14.1. The van der Waals surface area contributed by atoms with Gasteiger partial charge in [0.25, 0.3) is 0 Å². The van der Waals surface area contributed by atoms with Crippen LogP contribution in [0.15, 0.2) is 81.7 Å². The molecule has 6 heteroatoms. The van der Waals surface area contributed by atoms with Gasteiger partial charge < -0.3 is 13.7 Å². The summed E-state index contributed by atoms with van der Waals surface area (Å²) in [6.07, 6.45) is 0. The highest BCUT2D eigenvalue weighted by atomic mass is 16.6. The largest absolute Gasteiger partial charge is 0.452 e. The summed E-state index contributed by atoms with van der Waals surface area (Å²) in [6.45, 7) is 1.45. The molecule has 0 saturated carbocycles. The van der Waals surface area contributed by atoms with E-state index in [1.807, 2.05) is 30.3 Å². The first kappa shape index (κ1) is 18.4. The molecule has 0 amide bonds. The van der Waals surface area contributed by atoms with Crippen molar-refractivity contribution in [1.82, 2.24) is 5.16 Å². The van der Waals surface area contributed by atoms with Crippen LogP contribution in [0.4, 0.5) is 0 Å². The van der Waals surface area contributed by atoms with Crippen LogP contribution in [-0.2, 0) is 11.3 Å². The Hall–Kier alpha value is -3.93. The lowest BCUT2D eigenvalue weighted by molar-refractivity contribution is 0.0402. The lowest BCUT2D eigenvalue weighted by atomic mass is 10.1. The highest BCUT2D eigenvalue weighted by Gasteiger charge is 2.16. The number of ketones is 1. The molecule has 144 valence electrons. The van der Waals surface area contributed by atoms with E-state index >= 15 is 0 Å². The molecule has 0 fully saturated rings. The smallest absolute Gasteiger partial charge is 0.374 e. The first-order valence-corrected chi connectivity index (χ1v) is 8.99. The van der Waals surface area contributed by atoms with Gasteiger partial charge in [-0.1, -0.05) is 59.8 Å². The van der Waals surface area contributed by atoms with Gasteiger partial charge in [-0.3, -0.25) is 4.79 Å². The Balaban J connectivity index is 1.40. The predicted octanol–water partition coefficient (Wildman–Crippen LogP) is 5.16. The average Bonchev–Trinajstić information content (AvgIpc) is 3.43. The van der Waals surface area contributed by atoms with Crippen LogP contribution in [0.25, 0.3) is 22.6 Å². The SMILES string of the molecule is CC(=O)c1ccc(-c2ccc(C(=O)OCc3cc(-c4ccccc4)no3)o2)cc1. The summed E-state index contributed by atoms with van der Waals surface area (Å²) in [5.74, 6) is 0.415. The summed E-state index contributed by atoms with van der Waals surface area (Å²) in [5, 5.41) is 3.99. The Morgan fingerprint density at radius 2 is 1.69 bits per heavy atom. The maximum Gasteiger partial charge on any atom is 0.374 e. The molecule has 0 atom stereocenters. The molecule has 0 saturated heterocycles. The number of aromatic nitrogens is 1. The van der Waals surface area contributed by atoms with E-state index in [1.165, 1.54) is 6.92 Å². The van der Waals surface area contributed by atoms with E-state index in [-0.39, 0.29) is 18.2 Å². The maximum absolute atomic E-state index is 12.3. The number of rotatable bonds is 6. The van der Waals surface area contributed by atoms with Crippen LogP contribution < -0.4 is 0 Å². The number of esters is 1. The van der Waals surface area contributed by atoms with Crippen LogP contribution in [0.3, 0.4) is 0 Å². The van der Waals surface area contributed by atoms with Crippen LogP contribution in [0.1, 0.15) is 33.6 Å². The van der Waals surface area contributed by atoms with Gasteiger partial charge in [-0.15, -0.1) is 0 Å². The van der Waals surface area contributed by atoms with E-state index in [0.29, 0.717) is 22.8 Å². The zero-order valence-corrected chi connectivity index (χ0v) is 15.6. The van der Waals surface area contributed by atoms with E-state index in [0.717, 1.165) is 11.1 Å². The number of carbonyl (C=O) groups is 2. The quantitative estimate of drug-likeness (QED) is 0.336. The summed E-state index contributed by atoms with van der Waals surface area (Å²) in [4.78, 5) is 23.6. The van der Waals surface area contributed by atoms with Crippen molar-refractivity contribution in [3.8, 4) is 22.6 Å². The molecule has 0 aliphatic carbocycles. The number of hydrogen-bond acceptors (Lipinski definition) is 6. The third-order valence-electron chi connectivity index (χ3n) is 4.36. The van der Waals surface area contributed by atoms with Crippen molar-refractivity contribution in [1.29, 1.82) is 0 Å². The summed E-state index contributed by atoms with van der Waals surface area (Å²) in [6, 6.07) is 21.5. The molecule has 0 spiro atoms. The van der Waals surface area contributed by atoms with E-state index in [9.17, 15) is 9.59 Å². The third-order valence-corrected chi connectivity index (χ3v) is 4.36. The lowest BCUT2D eigenvalue weighted by Crippen LogP contribution is -2.03. The predicted molar refractivity (Wildman–Crippen MR) is 105 cm³/mol. The monoisotopic (exact) mass is 387 g/mol. The second-order valence-electron chi connectivity index (χ2n) is 6.42. The van der Waals surface area contributed by atoms with Crippen molar-refractivity contribution in [2.24, 2.45) is 0 Å². The molecule has 0 N–H and O–H groups in total. The molecule has 4 aromatic rings. The molecule has 0 bridgehead atoms. The molecule has 4 rings (SSSR count). The van der Waals surface area contributed by atoms with Crippen LogP contribution >= 0.6 is 0 Å². The van der Waals surface area contributed by atoms with Gasteiger partial charge in [0.15, 0.2) is 18.2 Å². The normalized spacial score (nSPS) is 10.7. The minimum absolute atomic E-state index is 0.0110. The van der Waals surface area contributed by atoms with Crippen LogP contribution in [0.2, 0.25) is 0 Å². The van der Waals surface area contributed by atoms with Crippen LogP contribution in [-0.4, -0.2) is 16.9 Å². The Kier molecular flexibility index (Phi) is 5.07. The molecule has 6 nitrogen and oxygen atoms in total. The molecule has 29 heavy (non-hydrogen) atoms. The highest BCUT2D eigenvalue weighted by molar-refractivity contribution is 5.94. The number of carbonyl (C=O) groups excluding carboxylic acids is 2. The molecular formula is C23H17NO5. The average molecular weight is 387 g/mol. The fraction of sp³-hybridized carbons (Fsp3) is 0.0870. The van der Waals surface area contributed by atoms with Crippen LogP contribution in [0, 0.1) is 0 Å². The van der Waals surface area contributed by atoms with Crippen molar-refractivity contribution < 1.29 is 23.3 Å². The van der Waals surface area contributed by atoms with Gasteiger partial charge in [-0.05, 0) is 19.1 Å². The first-order valence-electron chi connectivity index (χ1n) is 8.99. The van der Waals surface area contributed by atoms with Crippen LogP contribution in [0.5, 0.6) is 0 Å². The second kappa shape index (κ2) is 7.98. The lowest BCUT2D eigenvalue weighted by Gasteiger charge is -2.00. The number of nitrogens with zero attached hydrogens (tertiary/aromatic N) is 1. The van der Waals surface area contributed by atoms with Crippen molar-refractivity contribution in [3.63, 3.8) is 0 Å². The molecule has 0 aliphatic rings. The Bertz CT molecular complexity index is 1140. The van der Waals surface area contributed by atoms with E-state index in [2.05, 4.69) is 5.16 Å². The standard InChI is InChI=1S/C23H17NO5/c1-15(25)16-7-9-18(10-8-16)21-11-12-22(28-21)23(26)27-14-19-13-20(24-29-19)17-5-3-2-4-6-17/h2-13H,14H2,1H3. The van der Waals surface area contributed by atoms with Crippen molar-refractivity contribution in [2.45, 2.75) is 13.5 Å². The topological polar surface area (TPSA) is 82.5 Å². The minimum atomic E-state index is -0.603. The van der Waals surface area contributed by atoms with Gasteiger partial charge in [0.1, 0.15) is 11.5 Å². The fourth-order valence-corrected chi connectivity index (χ4v) is 2.81. The maximum atomic E-state index is 12.3. The molecule has 2 aromatic heterocycles. The molecule has 0 radical (unpaired) electrons. The Labute approximate surface area is 166 Å². The summed E-state index contributed by atoms with van der Waals surface area (Å²) in [7, 11) is 0. The van der Waals surface area contributed by atoms with Gasteiger partial charge in [-0.25, -0.2) is 4.79 Å². The summed E-state index contributed by atoms with van der Waals surface area (Å²) < 4.78 is 16.1. The van der Waals surface area contributed by atoms with E-state index < -0.39 is 5.97 Å². The third kappa shape index (κ3) is 4.16. The zero-order chi connectivity index (χ0) is 20.2. The van der Waals surface area contributed by atoms with Crippen molar-refractivity contribution in [3.05, 3.63) is 89.9 Å². The Morgan fingerprint density at radius 1 is 0.931 bits per heavy atom. The number of furan rings is 1. The van der Waals surface area contributed by atoms with Gasteiger partial charge >= 0.3 is 5.97 Å². The van der Waals surface area contributed by atoms with Gasteiger partial charge in [0.2, 0.25) is 5.76 Å². The van der Waals surface area contributed by atoms with Gasteiger partial charge in [0.05, 0.1) is 0 Å². The Morgan fingerprint density at radius 3 is 2.41 bits per heavy atom. The highest BCUT2D eigenvalue weighted by Crippen LogP contribution is 2.24.